The number of hydrogen-bond donors (Lipinski definition) is 1. The SMILES string of the molecule is CNc1cc(N2CCCCC2)no1. The molecule has 0 amide bonds. The van der Waals surface area contributed by atoms with Gasteiger partial charge >= 0.3 is 0 Å². The van der Waals surface area contributed by atoms with Crippen LogP contribution in [0.3, 0.4) is 0 Å². The number of anilines is 2. The molecular formula is C9H15N3O. The molecule has 0 aromatic carbocycles. The van der Waals surface area contributed by atoms with Gasteiger partial charge in [-0.25, -0.2) is 0 Å². The average Bonchev–Trinajstić information content (AvgIpc) is 2.67. The van der Waals surface area contributed by atoms with Crippen molar-refractivity contribution in [1.29, 1.82) is 0 Å². The maximum absolute atomic E-state index is 5.06. The summed E-state index contributed by atoms with van der Waals surface area (Å²) in [5.41, 5.74) is 0. The summed E-state index contributed by atoms with van der Waals surface area (Å²) in [5, 5.41) is 6.93. The maximum atomic E-state index is 5.06. The molecule has 4 nitrogen and oxygen atoms in total. The van der Waals surface area contributed by atoms with Crippen LogP contribution in [0.4, 0.5) is 11.7 Å². The van der Waals surface area contributed by atoms with Gasteiger partial charge in [-0.15, -0.1) is 0 Å². The Balaban J connectivity index is 2.05. The minimum atomic E-state index is 0.737. The number of nitrogens with zero attached hydrogens (tertiary/aromatic N) is 2. The fraction of sp³-hybridized carbons (Fsp3) is 0.667. The van der Waals surface area contributed by atoms with Crippen molar-refractivity contribution in [2.24, 2.45) is 0 Å². The van der Waals surface area contributed by atoms with Crippen molar-refractivity contribution in [1.82, 2.24) is 5.16 Å². The highest BCUT2D eigenvalue weighted by Crippen LogP contribution is 2.21. The second kappa shape index (κ2) is 3.68. The minimum Gasteiger partial charge on any atom is -0.357 e. The van der Waals surface area contributed by atoms with E-state index in [1.807, 2.05) is 13.1 Å². The third-order valence-electron chi connectivity index (χ3n) is 2.42. The van der Waals surface area contributed by atoms with Gasteiger partial charge in [0.1, 0.15) is 0 Å². The predicted octanol–water partition coefficient (Wildman–Crippen LogP) is 1.71. The highest BCUT2D eigenvalue weighted by atomic mass is 16.5. The highest BCUT2D eigenvalue weighted by molar-refractivity contribution is 5.46. The van der Waals surface area contributed by atoms with Crippen LogP contribution in [0, 0.1) is 0 Å². The van der Waals surface area contributed by atoms with Crippen LogP contribution in [-0.2, 0) is 0 Å². The molecule has 1 fully saturated rings. The van der Waals surface area contributed by atoms with E-state index in [4.69, 9.17) is 4.52 Å². The van der Waals surface area contributed by atoms with Crippen molar-refractivity contribution in [3.63, 3.8) is 0 Å². The van der Waals surface area contributed by atoms with Crippen LogP contribution >= 0.6 is 0 Å². The molecule has 1 aromatic rings. The van der Waals surface area contributed by atoms with Crippen LogP contribution in [-0.4, -0.2) is 25.3 Å². The summed E-state index contributed by atoms with van der Waals surface area (Å²) in [4.78, 5) is 2.27. The predicted molar refractivity (Wildman–Crippen MR) is 52.1 cm³/mol. The van der Waals surface area contributed by atoms with E-state index in [0.717, 1.165) is 24.8 Å². The zero-order chi connectivity index (χ0) is 9.10. The fourth-order valence-electron chi connectivity index (χ4n) is 1.66. The lowest BCUT2D eigenvalue weighted by Crippen LogP contribution is -2.29. The van der Waals surface area contributed by atoms with E-state index in [0.29, 0.717) is 0 Å². The first-order valence-corrected chi connectivity index (χ1v) is 4.79. The standard InChI is InChI=1S/C9H15N3O/c1-10-9-7-8(11-13-9)12-5-3-2-4-6-12/h7,10H,2-6H2,1H3. The summed E-state index contributed by atoms with van der Waals surface area (Å²) in [6.07, 6.45) is 3.87. The molecule has 0 spiro atoms. The summed E-state index contributed by atoms with van der Waals surface area (Å²) in [6.45, 7) is 2.21. The largest absolute Gasteiger partial charge is 0.357 e. The molecule has 0 unspecified atom stereocenters. The van der Waals surface area contributed by atoms with E-state index in [2.05, 4.69) is 15.4 Å². The van der Waals surface area contributed by atoms with E-state index >= 15 is 0 Å². The summed E-state index contributed by atoms with van der Waals surface area (Å²) >= 11 is 0. The molecule has 13 heavy (non-hydrogen) atoms. The third kappa shape index (κ3) is 1.76. The molecule has 2 rings (SSSR count). The number of nitrogens with one attached hydrogen (secondary N) is 1. The second-order valence-electron chi connectivity index (χ2n) is 3.35. The Kier molecular flexibility index (Phi) is 2.38. The Morgan fingerprint density at radius 2 is 2.15 bits per heavy atom. The molecule has 2 heterocycles. The van der Waals surface area contributed by atoms with E-state index in [1.165, 1.54) is 19.3 Å². The van der Waals surface area contributed by atoms with Crippen LogP contribution in [0.25, 0.3) is 0 Å². The summed E-state index contributed by atoms with van der Waals surface area (Å²) in [5.74, 6) is 1.70. The van der Waals surface area contributed by atoms with Gasteiger partial charge in [0, 0.05) is 26.2 Å². The lowest BCUT2D eigenvalue weighted by atomic mass is 10.1. The van der Waals surface area contributed by atoms with Crippen LogP contribution in [0.2, 0.25) is 0 Å². The molecule has 0 atom stereocenters. The Bertz CT molecular complexity index is 266. The molecule has 1 saturated heterocycles. The number of hydrogen-bond acceptors (Lipinski definition) is 4. The Labute approximate surface area is 77.9 Å². The van der Waals surface area contributed by atoms with E-state index in [-0.39, 0.29) is 0 Å². The first-order valence-electron chi connectivity index (χ1n) is 4.79. The number of aromatic nitrogens is 1. The fourth-order valence-corrected chi connectivity index (χ4v) is 1.66. The van der Waals surface area contributed by atoms with Gasteiger partial charge in [-0.2, -0.15) is 0 Å². The quantitative estimate of drug-likeness (QED) is 0.754. The summed E-state index contributed by atoms with van der Waals surface area (Å²) in [6, 6.07) is 1.95. The normalized spacial score (nSPS) is 17.5. The van der Waals surface area contributed by atoms with Crippen LogP contribution < -0.4 is 10.2 Å². The van der Waals surface area contributed by atoms with Crippen LogP contribution in [0.1, 0.15) is 19.3 Å². The minimum absolute atomic E-state index is 0.737. The van der Waals surface area contributed by atoms with E-state index in [9.17, 15) is 0 Å². The lowest BCUT2D eigenvalue weighted by Gasteiger charge is -2.25. The molecular weight excluding hydrogens is 166 g/mol. The van der Waals surface area contributed by atoms with Gasteiger partial charge in [-0.05, 0) is 19.3 Å². The third-order valence-corrected chi connectivity index (χ3v) is 2.42. The Morgan fingerprint density at radius 3 is 2.77 bits per heavy atom. The van der Waals surface area contributed by atoms with Crippen molar-refractivity contribution >= 4 is 11.7 Å². The lowest BCUT2D eigenvalue weighted by molar-refractivity contribution is 0.429. The van der Waals surface area contributed by atoms with Gasteiger partial charge in [0.2, 0.25) is 5.88 Å². The van der Waals surface area contributed by atoms with Gasteiger partial charge < -0.3 is 14.7 Å². The van der Waals surface area contributed by atoms with Crippen molar-refractivity contribution in [3.8, 4) is 0 Å². The Morgan fingerprint density at radius 1 is 1.38 bits per heavy atom. The topological polar surface area (TPSA) is 41.3 Å². The van der Waals surface area contributed by atoms with Crippen molar-refractivity contribution in [2.45, 2.75) is 19.3 Å². The highest BCUT2D eigenvalue weighted by Gasteiger charge is 2.14. The van der Waals surface area contributed by atoms with Crippen LogP contribution in [0.5, 0.6) is 0 Å². The molecule has 0 saturated carbocycles. The van der Waals surface area contributed by atoms with Gasteiger partial charge in [0.15, 0.2) is 5.82 Å². The second-order valence-corrected chi connectivity index (χ2v) is 3.35. The number of rotatable bonds is 2. The monoisotopic (exact) mass is 181 g/mol. The Hall–Kier alpha value is -1.19. The number of piperidine rings is 1. The molecule has 1 aromatic heterocycles. The molecule has 0 aliphatic carbocycles. The average molecular weight is 181 g/mol. The van der Waals surface area contributed by atoms with Gasteiger partial charge in [0.05, 0.1) is 0 Å². The van der Waals surface area contributed by atoms with Crippen molar-refractivity contribution in [3.05, 3.63) is 6.07 Å². The smallest absolute Gasteiger partial charge is 0.226 e. The van der Waals surface area contributed by atoms with E-state index < -0.39 is 0 Å². The van der Waals surface area contributed by atoms with Gasteiger partial charge in [-0.3, -0.25) is 0 Å². The van der Waals surface area contributed by atoms with Crippen LogP contribution in [0.15, 0.2) is 10.6 Å². The molecule has 4 heteroatoms. The summed E-state index contributed by atoms with van der Waals surface area (Å²) in [7, 11) is 1.83. The van der Waals surface area contributed by atoms with Gasteiger partial charge in [0.25, 0.3) is 0 Å². The van der Waals surface area contributed by atoms with E-state index in [1.54, 1.807) is 0 Å². The zero-order valence-corrected chi connectivity index (χ0v) is 7.92. The van der Waals surface area contributed by atoms with Gasteiger partial charge in [-0.1, -0.05) is 5.16 Å². The molecule has 0 bridgehead atoms. The maximum Gasteiger partial charge on any atom is 0.226 e. The molecule has 1 N–H and O–H groups in total. The first-order chi connectivity index (χ1) is 6.40. The summed E-state index contributed by atoms with van der Waals surface area (Å²) < 4.78 is 5.06. The van der Waals surface area contributed by atoms with Crippen molar-refractivity contribution < 1.29 is 4.52 Å². The van der Waals surface area contributed by atoms with Crippen molar-refractivity contribution in [2.75, 3.05) is 30.4 Å². The molecule has 1 aliphatic heterocycles. The molecule has 0 radical (unpaired) electrons. The molecule has 72 valence electrons. The first kappa shape index (κ1) is 8.41. The zero-order valence-electron chi connectivity index (χ0n) is 7.92. The molecule has 1 aliphatic rings.